The number of likely N-dealkylation sites (tertiary alicyclic amines) is 3. The van der Waals surface area contributed by atoms with Gasteiger partial charge in [0.05, 0.1) is 96.1 Å². The predicted octanol–water partition coefficient (Wildman–Crippen LogP) is 2.79. The maximum absolute atomic E-state index is 13.1. The lowest BCUT2D eigenvalue weighted by Gasteiger charge is -2.40. The van der Waals surface area contributed by atoms with Crippen LogP contribution in [-0.4, -0.2) is 324 Å². The van der Waals surface area contributed by atoms with E-state index in [0.29, 0.717) is 123 Å². The molecular formula is C69H128N3O33P3. The van der Waals surface area contributed by atoms with Crippen molar-refractivity contribution in [3.8, 4) is 0 Å². The highest BCUT2D eigenvalue weighted by Crippen LogP contribution is 2.49. The first kappa shape index (κ1) is 94.9. The summed E-state index contributed by atoms with van der Waals surface area (Å²) in [6, 6.07) is 0. The molecule has 12 N–H and O–H groups in total. The van der Waals surface area contributed by atoms with Crippen molar-refractivity contribution in [3.63, 3.8) is 0 Å². The number of carbonyl (C=O) groups is 3. The zero-order valence-electron chi connectivity index (χ0n) is 63.6. The number of unbranched alkanes of at least 4 members (excludes halogenated alkanes) is 3. The first-order valence-corrected chi connectivity index (χ1v) is 43.1. The molecule has 6 saturated heterocycles. The number of piperidine rings is 3. The number of amides is 3. The number of hydrogen-bond acceptors (Lipinski definition) is 30. The van der Waals surface area contributed by atoms with Crippen LogP contribution in [0.15, 0.2) is 0 Å². The molecule has 0 aromatic carbocycles. The largest absolute Gasteiger partial charge is 0.472 e. The number of aliphatic hydroxyl groups excluding tert-OH is 9. The number of rotatable bonds is 51. The number of hydrogen-bond donors (Lipinski definition) is 12. The average molecular weight is 1620 g/mol. The van der Waals surface area contributed by atoms with Crippen LogP contribution in [-0.2, 0) is 97.9 Å². The first-order chi connectivity index (χ1) is 51.4. The average Bonchev–Trinajstić information content (AvgIpc) is 0.829. The number of nitrogens with zero attached hydrogens (tertiary/aromatic N) is 3. The van der Waals surface area contributed by atoms with Gasteiger partial charge in [-0.3, -0.25) is 41.5 Å². The third-order valence-corrected chi connectivity index (χ3v) is 23.8. The van der Waals surface area contributed by atoms with Crippen molar-refractivity contribution >= 4 is 41.2 Å². The van der Waals surface area contributed by atoms with E-state index in [-0.39, 0.29) is 141 Å². The molecule has 3 amide bonds. The topological polar surface area (TPSA) is 493 Å². The molecule has 6 heterocycles. The molecule has 0 bridgehead atoms. The standard InChI is InChI=1S/C69H128N3O33P3/c1-47(2)18-25-69(44-91-32-12-38-97-106(85,86)103-51-19-26-70(27-20-51)57(76)15-6-9-35-94-66-48(3)60(79)63(82)54(41-73)100-66,45-92-33-13-39-98-107(87,88)104-52-21-28-71(29-22-52)58(77)16-7-10-36-95-67-49(4)61(80)64(83)55(42-74)101-67)46-93-34-14-40-99-108(89,90)105-53-23-30-72(31-24-53)59(78)17-8-11-37-96-68-50(5)62(81)65(84)56(43-75)102-68/h47-56,60-68,73-75,79-84H,6-46H2,1-5H3,(H,85,86)(H,87,88)(H,89,90). The highest BCUT2D eigenvalue weighted by Gasteiger charge is 2.46. The molecule has 0 spiro atoms. The first-order valence-electron chi connectivity index (χ1n) is 38.7. The molecular weight excluding hydrogens is 1490 g/mol. The van der Waals surface area contributed by atoms with Gasteiger partial charge in [-0.05, 0) is 109 Å². The second-order valence-electron chi connectivity index (χ2n) is 29.8. The van der Waals surface area contributed by atoms with Crippen LogP contribution in [0.5, 0.6) is 0 Å². The van der Waals surface area contributed by atoms with Crippen LogP contribution in [0.3, 0.4) is 0 Å². The normalized spacial score (nSPS) is 30.3. The fraction of sp³-hybridized carbons (Fsp3) is 0.957. The number of aliphatic hydroxyl groups is 9. The second kappa shape index (κ2) is 48.5. The number of carbonyl (C=O) groups excluding carboxylic acids is 3. The minimum atomic E-state index is -4.52. The zero-order chi connectivity index (χ0) is 79.0. The molecule has 0 radical (unpaired) electrons. The summed E-state index contributed by atoms with van der Waals surface area (Å²) in [5.74, 6) is -1.62. The van der Waals surface area contributed by atoms with Crippen LogP contribution in [0.1, 0.15) is 163 Å². The van der Waals surface area contributed by atoms with Crippen molar-refractivity contribution in [2.45, 2.75) is 255 Å². The van der Waals surface area contributed by atoms with Crippen molar-refractivity contribution in [1.82, 2.24) is 14.7 Å². The lowest BCUT2D eigenvalue weighted by molar-refractivity contribution is -0.282. The van der Waals surface area contributed by atoms with Crippen LogP contribution in [0.25, 0.3) is 0 Å². The monoisotopic (exact) mass is 1620 g/mol. The minimum Gasteiger partial charge on any atom is -0.394 e. The van der Waals surface area contributed by atoms with Crippen LogP contribution < -0.4 is 0 Å². The lowest BCUT2D eigenvalue weighted by atomic mass is 9.83. The maximum Gasteiger partial charge on any atom is 0.472 e. The molecule has 6 aliphatic rings. The van der Waals surface area contributed by atoms with E-state index in [4.69, 9.17) is 69.8 Å². The summed E-state index contributed by atoms with van der Waals surface area (Å²) in [7, 11) is -13.6. The van der Waals surface area contributed by atoms with Gasteiger partial charge in [0.1, 0.15) is 36.6 Å². The van der Waals surface area contributed by atoms with Crippen molar-refractivity contribution in [2.24, 2.45) is 29.1 Å². The van der Waals surface area contributed by atoms with Gasteiger partial charge in [0.15, 0.2) is 18.9 Å². The summed E-state index contributed by atoms with van der Waals surface area (Å²) >= 11 is 0. The molecule has 0 saturated carbocycles. The van der Waals surface area contributed by atoms with Gasteiger partial charge < -0.3 is 118 Å². The van der Waals surface area contributed by atoms with Gasteiger partial charge in [0.25, 0.3) is 0 Å². The van der Waals surface area contributed by atoms with E-state index in [9.17, 15) is 88.7 Å². The molecule has 632 valence electrons. The Morgan fingerprint density at radius 1 is 0.407 bits per heavy atom. The second-order valence-corrected chi connectivity index (χ2v) is 34.0. The Balaban J connectivity index is 0.899. The Morgan fingerprint density at radius 3 is 0.926 bits per heavy atom. The third-order valence-electron chi connectivity index (χ3n) is 20.5. The Bertz CT molecular complexity index is 2420. The summed E-state index contributed by atoms with van der Waals surface area (Å²) in [6.07, 6.45) is -6.88. The molecule has 18 unspecified atom stereocenters. The van der Waals surface area contributed by atoms with E-state index in [2.05, 4.69) is 13.8 Å². The molecule has 18 atom stereocenters. The molecule has 0 aliphatic carbocycles. The van der Waals surface area contributed by atoms with E-state index in [1.807, 2.05) is 0 Å². The van der Waals surface area contributed by atoms with Crippen molar-refractivity contribution in [2.75, 3.05) is 138 Å². The highest BCUT2D eigenvalue weighted by molar-refractivity contribution is 7.48. The summed E-state index contributed by atoms with van der Waals surface area (Å²) in [5.41, 5.74) is -0.782. The van der Waals surface area contributed by atoms with Gasteiger partial charge in [-0.1, -0.05) is 41.0 Å². The quantitative estimate of drug-likeness (QED) is 0.0308. The lowest BCUT2D eigenvalue weighted by Crippen LogP contribution is -2.55. The van der Waals surface area contributed by atoms with Gasteiger partial charge in [0, 0.05) is 121 Å². The minimum absolute atomic E-state index is 0.0877. The molecule has 36 nitrogen and oxygen atoms in total. The zero-order valence-corrected chi connectivity index (χ0v) is 66.3. The Kier molecular flexibility index (Phi) is 42.6. The van der Waals surface area contributed by atoms with E-state index >= 15 is 0 Å². The van der Waals surface area contributed by atoms with Gasteiger partial charge in [-0.2, -0.15) is 0 Å². The van der Waals surface area contributed by atoms with Crippen LogP contribution in [0.4, 0.5) is 0 Å². The van der Waals surface area contributed by atoms with E-state index in [1.165, 1.54) is 0 Å². The van der Waals surface area contributed by atoms with Gasteiger partial charge in [-0.25, -0.2) is 13.7 Å². The van der Waals surface area contributed by atoms with E-state index in [1.54, 1.807) is 35.5 Å². The van der Waals surface area contributed by atoms with Crippen LogP contribution >= 0.6 is 23.5 Å². The molecule has 0 aromatic rings. The third kappa shape index (κ3) is 32.6. The molecule has 39 heteroatoms. The van der Waals surface area contributed by atoms with Crippen molar-refractivity contribution < 1.29 is 158 Å². The summed E-state index contributed by atoms with van der Waals surface area (Å²) < 4.78 is 125. The highest BCUT2D eigenvalue weighted by atomic mass is 31.2. The molecule has 6 fully saturated rings. The number of phosphoric acid groups is 3. The fourth-order valence-corrected chi connectivity index (χ4v) is 16.6. The van der Waals surface area contributed by atoms with Gasteiger partial charge in [0.2, 0.25) is 17.7 Å². The summed E-state index contributed by atoms with van der Waals surface area (Å²) in [6.45, 7) is 10.3. The SMILES string of the molecule is CC(C)CCC(COCCCOP(=O)(O)OC1CCN(C(=O)CCCCOC2OC(CO)C(O)C(O)C2C)CC1)(COCCCOP(=O)(O)OC1CCN(C(=O)CCCCOC2OC(CO)C(O)C(O)C2C)CC1)COCCCOP(=O)(O)OC1CCN(C(=O)CCCCOC2OC(CO)C(O)C(O)C2C)CC1. The summed E-state index contributed by atoms with van der Waals surface area (Å²) in [5, 5.41) is 89.6. The Labute approximate surface area is 634 Å². The smallest absolute Gasteiger partial charge is 0.394 e. The fourth-order valence-electron chi connectivity index (χ4n) is 13.6. The van der Waals surface area contributed by atoms with Crippen LogP contribution in [0, 0.1) is 29.1 Å². The van der Waals surface area contributed by atoms with E-state index < -0.39 is 159 Å². The number of phosphoric ester groups is 3. The molecule has 6 aliphatic heterocycles. The molecule has 0 aromatic heterocycles. The molecule has 6 rings (SSSR count). The molecule has 108 heavy (non-hydrogen) atoms. The van der Waals surface area contributed by atoms with Crippen LogP contribution in [0.2, 0.25) is 0 Å². The van der Waals surface area contributed by atoms with Crippen molar-refractivity contribution in [1.29, 1.82) is 0 Å². The predicted molar refractivity (Wildman–Crippen MR) is 382 cm³/mol. The number of ether oxygens (including phenoxy) is 9. The Morgan fingerprint density at radius 2 is 0.676 bits per heavy atom. The maximum atomic E-state index is 13.1. The van der Waals surface area contributed by atoms with Gasteiger partial charge in [-0.15, -0.1) is 0 Å². The van der Waals surface area contributed by atoms with E-state index in [0.717, 1.165) is 6.42 Å². The van der Waals surface area contributed by atoms with Crippen molar-refractivity contribution in [3.05, 3.63) is 0 Å². The summed E-state index contributed by atoms with van der Waals surface area (Å²) in [4.78, 5) is 76.2. The van der Waals surface area contributed by atoms with Gasteiger partial charge >= 0.3 is 23.5 Å². The Hall–Kier alpha value is -1.98.